The van der Waals surface area contributed by atoms with E-state index < -0.39 is 0 Å². The molecule has 0 fully saturated rings. The first-order valence-electron chi connectivity index (χ1n) is 4.80. The van der Waals surface area contributed by atoms with Gasteiger partial charge in [-0.25, -0.2) is 0 Å². The van der Waals surface area contributed by atoms with Crippen molar-refractivity contribution in [2.24, 2.45) is 11.3 Å². The van der Waals surface area contributed by atoms with Crippen molar-refractivity contribution in [1.82, 2.24) is 0 Å². The van der Waals surface area contributed by atoms with Gasteiger partial charge in [-0.15, -0.1) is 0 Å². The first-order valence-corrected chi connectivity index (χ1v) is 4.80. The molecular formula is C12H17N. The molecule has 0 amide bonds. The van der Waals surface area contributed by atoms with Crippen LogP contribution in [0.15, 0.2) is 23.8 Å². The normalized spacial score (nSPS) is 26.0. The lowest BCUT2D eigenvalue weighted by Gasteiger charge is -2.27. The summed E-state index contributed by atoms with van der Waals surface area (Å²) in [6.45, 7) is 6.73. The van der Waals surface area contributed by atoms with Crippen molar-refractivity contribution in [2.45, 2.75) is 33.6 Å². The number of hydrogen-bond acceptors (Lipinski definition) is 1. The highest BCUT2D eigenvalue weighted by molar-refractivity contribution is 5.22. The maximum Gasteiger partial charge on any atom is 0.0663 e. The van der Waals surface area contributed by atoms with Gasteiger partial charge in [0.2, 0.25) is 0 Å². The van der Waals surface area contributed by atoms with E-state index >= 15 is 0 Å². The summed E-state index contributed by atoms with van der Waals surface area (Å²) < 4.78 is 0. The Kier molecular flexibility index (Phi) is 2.93. The van der Waals surface area contributed by atoms with Crippen LogP contribution in [0.4, 0.5) is 0 Å². The minimum absolute atomic E-state index is 0.284. The van der Waals surface area contributed by atoms with Gasteiger partial charge in [-0.05, 0) is 24.7 Å². The van der Waals surface area contributed by atoms with Crippen molar-refractivity contribution in [3.8, 4) is 6.07 Å². The van der Waals surface area contributed by atoms with Crippen LogP contribution in [0.25, 0.3) is 0 Å². The molecule has 0 radical (unpaired) electrons. The highest BCUT2D eigenvalue weighted by Gasteiger charge is 2.32. The third-order valence-electron chi connectivity index (χ3n) is 3.20. The number of rotatable bonds is 2. The number of allylic oxidation sites excluding steroid dienone is 4. The van der Waals surface area contributed by atoms with Gasteiger partial charge in [-0.2, -0.15) is 5.26 Å². The molecule has 1 aliphatic rings. The quantitative estimate of drug-likeness (QED) is 0.590. The lowest BCUT2D eigenvalue weighted by molar-refractivity contribution is 0.351. The molecule has 0 aromatic rings. The Morgan fingerprint density at radius 1 is 1.69 bits per heavy atom. The fraction of sp³-hybridized carbons (Fsp3) is 0.583. The van der Waals surface area contributed by atoms with Gasteiger partial charge in [0.1, 0.15) is 0 Å². The fourth-order valence-corrected chi connectivity index (χ4v) is 1.76. The largest absolute Gasteiger partial charge is 0.198 e. The highest BCUT2D eigenvalue weighted by atomic mass is 14.4. The Balaban J connectivity index is 2.62. The molecule has 0 N–H and O–H groups in total. The van der Waals surface area contributed by atoms with Gasteiger partial charge < -0.3 is 0 Å². The molecule has 0 spiro atoms. The summed E-state index contributed by atoms with van der Waals surface area (Å²) in [5.41, 5.74) is 1.76. The Bertz CT molecular complexity index is 276. The van der Waals surface area contributed by atoms with Gasteiger partial charge in [0.25, 0.3) is 0 Å². The van der Waals surface area contributed by atoms with Crippen LogP contribution in [-0.4, -0.2) is 0 Å². The zero-order valence-electron chi connectivity index (χ0n) is 8.67. The predicted octanol–water partition coefficient (Wildman–Crippen LogP) is 3.45. The van der Waals surface area contributed by atoms with E-state index in [4.69, 9.17) is 5.26 Å². The van der Waals surface area contributed by atoms with E-state index in [-0.39, 0.29) is 5.41 Å². The molecule has 1 aliphatic carbocycles. The molecule has 1 atom stereocenters. The van der Waals surface area contributed by atoms with Crippen molar-refractivity contribution < 1.29 is 0 Å². The van der Waals surface area contributed by atoms with Gasteiger partial charge >= 0.3 is 0 Å². The summed E-state index contributed by atoms with van der Waals surface area (Å²) in [5.74, 6) is 0.584. The molecule has 1 heteroatoms. The zero-order chi connectivity index (χ0) is 9.90. The molecule has 1 nitrogen and oxygen atoms in total. The van der Waals surface area contributed by atoms with Crippen molar-refractivity contribution in [3.63, 3.8) is 0 Å². The number of nitriles is 1. The number of nitrogens with zero attached hydrogens (tertiary/aromatic N) is 1. The summed E-state index contributed by atoms with van der Waals surface area (Å²) in [6.07, 6.45) is 8.14. The van der Waals surface area contributed by atoms with Crippen LogP contribution >= 0.6 is 0 Å². The molecule has 0 saturated heterocycles. The molecule has 0 aliphatic heterocycles. The molecule has 0 aromatic heterocycles. The average molecular weight is 175 g/mol. The third kappa shape index (κ3) is 2.01. The first kappa shape index (κ1) is 10.1. The Hall–Kier alpha value is -1.03. The molecule has 0 bridgehead atoms. The molecule has 0 saturated carbocycles. The molecule has 0 heterocycles. The smallest absolute Gasteiger partial charge is 0.0663 e. The lowest BCUT2D eigenvalue weighted by Crippen LogP contribution is -2.18. The van der Waals surface area contributed by atoms with Crippen molar-refractivity contribution >= 4 is 0 Å². The van der Waals surface area contributed by atoms with E-state index in [9.17, 15) is 0 Å². The Labute approximate surface area is 80.8 Å². The fourth-order valence-electron chi connectivity index (χ4n) is 1.76. The summed E-state index contributed by atoms with van der Waals surface area (Å²) in [5, 5.41) is 8.41. The third-order valence-corrected chi connectivity index (χ3v) is 3.20. The standard InChI is InChI=1S/C12H17N/c1-10-7-8-11(12(10,2)3)6-4-5-9-13/h4,6-7,11H,5,8H2,1-3H3/b6-4+. The summed E-state index contributed by atoms with van der Waals surface area (Å²) in [7, 11) is 0. The Morgan fingerprint density at radius 3 is 2.85 bits per heavy atom. The topological polar surface area (TPSA) is 23.8 Å². The average Bonchev–Trinajstić information content (AvgIpc) is 2.32. The monoisotopic (exact) mass is 175 g/mol. The van der Waals surface area contributed by atoms with E-state index in [1.54, 1.807) is 0 Å². The van der Waals surface area contributed by atoms with Crippen LogP contribution < -0.4 is 0 Å². The van der Waals surface area contributed by atoms with Crippen LogP contribution in [0.1, 0.15) is 33.6 Å². The number of hydrogen-bond donors (Lipinski definition) is 0. The molecule has 70 valence electrons. The SMILES string of the molecule is CC1=CCC(/C=C/CC#N)C1(C)C. The highest BCUT2D eigenvalue weighted by Crippen LogP contribution is 2.43. The second-order valence-electron chi connectivity index (χ2n) is 4.24. The van der Waals surface area contributed by atoms with Crippen molar-refractivity contribution in [3.05, 3.63) is 23.8 Å². The van der Waals surface area contributed by atoms with Crippen LogP contribution in [0.5, 0.6) is 0 Å². The van der Waals surface area contributed by atoms with E-state index in [0.717, 1.165) is 6.42 Å². The molecule has 1 rings (SSSR count). The van der Waals surface area contributed by atoms with Crippen LogP contribution in [-0.2, 0) is 0 Å². The zero-order valence-corrected chi connectivity index (χ0v) is 8.67. The molecular weight excluding hydrogens is 158 g/mol. The molecule has 1 unspecified atom stereocenters. The van der Waals surface area contributed by atoms with Gasteiger partial charge in [0, 0.05) is 0 Å². The maximum atomic E-state index is 8.41. The van der Waals surface area contributed by atoms with Gasteiger partial charge in [-0.3, -0.25) is 0 Å². The van der Waals surface area contributed by atoms with E-state index in [1.807, 2.05) is 6.08 Å². The minimum atomic E-state index is 0.284. The van der Waals surface area contributed by atoms with Gasteiger partial charge in [0.15, 0.2) is 0 Å². The van der Waals surface area contributed by atoms with Crippen LogP contribution in [0.2, 0.25) is 0 Å². The summed E-state index contributed by atoms with van der Waals surface area (Å²) in [4.78, 5) is 0. The minimum Gasteiger partial charge on any atom is -0.198 e. The van der Waals surface area contributed by atoms with Crippen molar-refractivity contribution in [2.75, 3.05) is 0 Å². The predicted molar refractivity (Wildman–Crippen MR) is 55.0 cm³/mol. The Morgan fingerprint density at radius 2 is 2.38 bits per heavy atom. The van der Waals surface area contributed by atoms with Gasteiger partial charge in [-0.1, -0.05) is 37.6 Å². The van der Waals surface area contributed by atoms with E-state index in [0.29, 0.717) is 12.3 Å². The summed E-state index contributed by atoms with van der Waals surface area (Å²) >= 11 is 0. The maximum absolute atomic E-state index is 8.41. The van der Waals surface area contributed by atoms with Crippen molar-refractivity contribution in [1.29, 1.82) is 5.26 Å². The van der Waals surface area contributed by atoms with Crippen LogP contribution in [0, 0.1) is 22.7 Å². The second-order valence-corrected chi connectivity index (χ2v) is 4.24. The summed E-state index contributed by atoms with van der Waals surface area (Å²) in [6, 6.07) is 2.13. The van der Waals surface area contributed by atoms with Crippen LogP contribution in [0.3, 0.4) is 0 Å². The van der Waals surface area contributed by atoms with E-state index in [2.05, 4.69) is 39.0 Å². The first-order chi connectivity index (χ1) is 6.09. The second kappa shape index (κ2) is 3.79. The lowest BCUT2D eigenvalue weighted by atomic mass is 9.77. The molecule has 13 heavy (non-hydrogen) atoms. The van der Waals surface area contributed by atoms with E-state index in [1.165, 1.54) is 5.57 Å². The molecule has 0 aromatic carbocycles. The van der Waals surface area contributed by atoms with Gasteiger partial charge in [0.05, 0.1) is 12.5 Å².